The van der Waals surface area contributed by atoms with E-state index >= 15 is 0 Å². The second-order valence-electron chi connectivity index (χ2n) is 4.84. The lowest BCUT2D eigenvalue weighted by molar-refractivity contribution is -0.137. The monoisotopic (exact) mass is 292 g/mol. The number of H-pyrrole nitrogens is 1. The van der Waals surface area contributed by atoms with Gasteiger partial charge in [0.25, 0.3) is 5.56 Å². The fourth-order valence-corrected chi connectivity index (χ4v) is 2.92. The number of aliphatic carboxylic acids is 1. The van der Waals surface area contributed by atoms with E-state index < -0.39 is 11.2 Å². The van der Waals surface area contributed by atoms with Crippen LogP contribution in [0.3, 0.4) is 0 Å². The number of benzene rings is 1. The standard InChI is InChI=1S/C14H16N2O3S/c1-8(2)12(14(18)19)20-7-11-15-10-6-4-3-5-9(10)13(17)16-11/h3-6,8,12H,7H2,1-2H3,(H,18,19)(H,15,16,17). The van der Waals surface area contributed by atoms with Crippen LogP contribution in [0, 0.1) is 5.92 Å². The fourth-order valence-electron chi connectivity index (χ4n) is 1.92. The first-order chi connectivity index (χ1) is 9.49. The number of hydrogen-bond donors (Lipinski definition) is 2. The van der Waals surface area contributed by atoms with Crippen molar-refractivity contribution in [3.63, 3.8) is 0 Å². The van der Waals surface area contributed by atoms with Crippen LogP contribution in [-0.4, -0.2) is 26.3 Å². The zero-order valence-corrected chi connectivity index (χ0v) is 12.1. The molecule has 2 rings (SSSR count). The van der Waals surface area contributed by atoms with Gasteiger partial charge in [-0.05, 0) is 18.1 Å². The molecule has 0 aliphatic rings. The van der Waals surface area contributed by atoms with Crippen molar-refractivity contribution in [3.05, 3.63) is 40.4 Å². The lowest BCUT2D eigenvalue weighted by Gasteiger charge is -2.15. The smallest absolute Gasteiger partial charge is 0.316 e. The maximum Gasteiger partial charge on any atom is 0.316 e. The van der Waals surface area contributed by atoms with Gasteiger partial charge in [-0.2, -0.15) is 0 Å². The minimum Gasteiger partial charge on any atom is -0.480 e. The molecule has 0 aliphatic heterocycles. The van der Waals surface area contributed by atoms with Crippen LogP contribution in [-0.2, 0) is 10.5 Å². The zero-order chi connectivity index (χ0) is 14.7. The van der Waals surface area contributed by atoms with Crippen molar-refractivity contribution in [1.29, 1.82) is 0 Å². The van der Waals surface area contributed by atoms with Crippen LogP contribution in [0.25, 0.3) is 10.9 Å². The average Bonchev–Trinajstić information content (AvgIpc) is 2.38. The Morgan fingerprint density at radius 3 is 2.75 bits per heavy atom. The lowest BCUT2D eigenvalue weighted by Crippen LogP contribution is -2.23. The molecule has 1 heterocycles. The Hall–Kier alpha value is -1.82. The summed E-state index contributed by atoms with van der Waals surface area (Å²) in [4.78, 5) is 30.1. The van der Waals surface area contributed by atoms with Gasteiger partial charge in [-0.1, -0.05) is 26.0 Å². The molecule has 106 valence electrons. The number of carbonyl (C=O) groups is 1. The quantitative estimate of drug-likeness (QED) is 0.883. The van der Waals surface area contributed by atoms with Gasteiger partial charge >= 0.3 is 5.97 Å². The third kappa shape index (κ3) is 3.19. The van der Waals surface area contributed by atoms with E-state index in [1.165, 1.54) is 11.8 Å². The number of carboxylic acids is 1. The van der Waals surface area contributed by atoms with Crippen molar-refractivity contribution >= 4 is 28.6 Å². The molecule has 2 aromatic rings. The van der Waals surface area contributed by atoms with E-state index in [0.29, 0.717) is 22.5 Å². The number of carboxylic acid groups (broad SMARTS) is 1. The summed E-state index contributed by atoms with van der Waals surface area (Å²) in [5, 5.41) is 9.17. The summed E-state index contributed by atoms with van der Waals surface area (Å²) in [5.41, 5.74) is 0.436. The van der Waals surface area contributed by atoms with Crippen LogP contribution in [0.5, 0.6) is 0 Å². The molecule has 1 aromatic heterocycles. The van der Waals surface area contributed by atoms with Gasteiger partial charge in [-0.25, -0.2) is 4.98 Å². The number of nitrogens with zero attached hydrogens (tertiary/aromatic N) is 1. The lowest BCUT2D eigenvalue weighted by atomic mass is 10.1. The second kappa shape index (κ2) is 6.09. The molecule has 1 atom stereocenters. The van der Waals surface area contributed by atoms with Crippen molar-refractivity contribution in [3.8, 4) is 0 Å². The van der Waals surface area contributed by atoms with Crippen molar-refractivity contribution in [1.82, 2.24) is 9.97 Å². The highest BCUT2D eigenvalue weighted by Crippen LogP contribution is 2.22. The minimum absolute atomic E-state index is 0.0182. The van der Waals surface area contributed by atoms with Crippen molar-refractivity contribution < 1.29 is 9.90 Å². The van der Waals surface area contributed by atoms with Gasteiger partial charge in [0.2, 0.25) is 0 Å². The number of fused-ring (bicyclic) bond motifs is 1. The van der Waals surface area contributed by atoms with Gasteiger partial charge in [0.05, 0.1) is 16.7 Å². The van der Waals surface area contributed by atoms with Crippen molar-refractivity contribution in [2.75, 3.05) is 0 Å². The predicted octanol–water partition coefficient (Wildman–Crippen LogP) is 2.27. The van der Waals surface area contributed by atoms with E-state index in [4.69, 9.17) is 5.11 Å². The molecule has 0 aliphatic carbocycles. The maximum absolute atomic E-state index is 11.9. The highest BCUT2D eigenvalue weighted by Gasteiger charge is 2.22. The molecule has 0 saturated carbocycles. The minimum atomic E-state index is -0.840. The number of aromatic amines is 1. The van der Waals surface area contributed by atoms with E-state index in [-0.39, 0.29) is 11.5 Å². The molecule has 0 spiro atoms. The summed E-state index contributed by atoms with van der Waals surface area (Å²) in [6.07, 6.45) is 0. The number of aromatic nitrogens is 2. The Morgan fingerprint density at radius 1 is 1.40 bits per heavy atom. The van der Waals surface area contributed by atoms with E-state index in [2.05, 4.69) is 9.97 Å². The van der Waals surface area contributed by atoms with Gasteiger partial charge in [0.1, 0.15) is 11.1 Å². The highest BCUT2D eigenvalue weighted by atomic mass is 32.2. The van der Waals surface area contributed by atoms with E-state index in [9.17, 15) is 9.59 Å². The molecule has 0 saturated heterocycles. The molecule has 2 N–H and O–H groups in total. The van der Waals surface area contributed by atoms with Crippen LogP contribution in [0.15, 0.2) is 29.1 Å². The van der Waals surface area contributed by atoms with Gasteiger partial charge in [-0.15, -0.1) is 11.8 Å². The molecule has 20 heavy (non-hydrogen) atoms. The number of nitrogens with one attached hydrogen (secondary N) is 1. The first-order valence-electron chi connectivity index (χ1n) is 6.31. The van der Waals surface area contributed by atoms with E-state index in [0.717, 1.165) is 0 Å². The van der Waals surface area contributed by atoms with Crippen LogP contribution < -0.4 is 5.56 Å². The van der Waals surface area contributed by atoms with Crippen LogP contribution in [0.1, 0.15) is 19.7 Å². The Balaban J connectivity index is 2.22. The van der Waals surface area contributed by atoms with E-state index in [1.54, 1.807) is 18.2 Å². The summed E-state index contributed by atoms with van der Waals surface area (Å²) in [6.45, 7) is 3.73. The number of rotatable bonds is 5. The average molecular weight is 292 g/mol. The molecule has 0 radical (unpaired) electrons. The van der Waals surface area contributed by atoms with Gasteiger partial charge in [-0.3, -0.25) is 9.59 Å². The third-order valence-electron chi connectivity index (χ3n) is 2.91. The molecular formula is C14H16N2O3S. The van der Waals surface area contributed by atoms with E-state index in [1.807, 2.05) is 19.9 Å². The molecule has 1 aromatic carbocycles. The largest absolute Gasteiger partial charge is 0.480 e. The third-order valence-corrected chi connectivity index (χ3v) is 4.46. The second-order valence-corrected chi connectivity index (χ2v) is 5.97. The number of para-hydroxylation sites is 1. The molecule has 0 bridgehead atoms. The molecule has 0 amide bonds. The first kappa shape index (κ1) is 14.6. The van der Waals surface area contributed by atoms with Gasteiger partial charge in [0.15, 0.2) is 0 Å². The Kier molecular flexibility index (Phi) is 4.44. The highest BCUT2D eigenvalue weighted by molar-refractivity contribution is 7.99. The summed E-state index contributed by atoms with van der Waals surface area (Å²) < 4.78 is 0. The van der Waals surface area contributed by atoms with Crippen LogP contribution in [0.2, 0.25) is 0 Å². The predicted molar refractivity (Wildman–Crippen MR) is 79.9 cm³/mol. The SMILES string of the molecule is CC(C)C(SCc1nc2ccccc2c(=O)[nH]1)C(=O)O. The molecule has 1 unspecified atom stereocenters. The number of thioether (sulfide) groups is 1. The van der Waals surface area contributed by atoms with Crippen LogP contribution in [0.4, 0.5) is 0 Å². The molecule has 0 fully saturated rings. The number of hydrogen-bond acceptors (Lipinski definition) is 4. The summed E-state index contributed by atoms with van der Waals surface area (Å²) in [5.74, 6) is 0.0540. The topological polar surface area (TPSA) is 83.0 Å². The first-order valence-corrected chi connectivity index (χ1v) is 7.36. The molecule has 6 heteroatoms. The molecule has 5 nitrogen and oxygen atoms in total. The van der Waals surface area contributed by atoms with Crippen LogP contribution >= 0.6 is 11.8 Å². The van der Waals surface area contributed by atoms with Crippen molar-refractivity contribution in [2.45, 2.75) is 24.9 Å². The van der Waals surface area contributed by atoms with Gasteiger partial charge in [0, 0.05) is 0 Å². The summed E-state index contributed by atoms with van der Waals surface area (Å²) >= 11 is 1.28. The fraction of sp³-hybridized carbons (Fsp3) is 0.357. The molecular weight excluding hydrogens is 276 g/mol. The van der Waals surface area contributed by atoms with Gasteiger partial charge < -0.3 is 10.1 Å². The maximum atomic E-state index is 11.9. The summed E-state index contributed by atoms with van der Waals surface area (Å²) in [6, 6.07) is 7.09. The normalized spacial score (nSPS) is 12.8. The zero-order valence-electron chi connectivity index (χ0n) is 11.3. The van der Waals surface area contributed by atoms with Crippen molar-refractivity contribution in [2.24, 2.45) is 5.92 Å². The Bertz CT molecular complexity index is 681. The summed E-state index contributed by atoms with van der Waals surface area (Å²) in [7, 11) is 0. The Labute approximate surface area is 120 Å². The Morgan fingerprint density at radius 2 is 2.10 bits per heavy atom.